The van der Waals surface area contributed by atoms with Gasteiger partial charge in [0, 0.05) is 0 Å². The van der Waals surface area contributed by atoms with E-state index in [0.717, 1.165) is 0 Å². The minimum Gasteiger partial charge on any atom is -0.481 e. The molecule has 0 unspecified atom stereocenters. The van der Waals surface area contributed by atoms with Crippen molar-refractivity contribution in [3.05, 3.63) is 35.6 Å². The molecular weight excluding hydrogens is 237 g/mol. The molecule has 0 N–H and O–H groups in total. The number of hydrogen-bond donors (Lipinski definition) is 0. The van der Waals surface area contributed by atoms with Gasteiger partial charge in [0.1, 0.15) is 5.82 Å². The number of carbonyl (C=O) groups excluding carboxylic acids is 1. The summed E-state index contributed by atoms with van der Waals surface area (Å²) in [5.41, 5.74) is 0.425. The van der Waals surface area contributed by atoms with Crippen molar-refractivity contribution in [3.8, 4) is 0 Å². The fourth-order valence-corrected chi connectivity index (χ4v) is 1.35. The van der Waals surface area contributed by atoms with Crippen LogP contribution in [0, 0.1) is 5.82 Å². The number of ether oxygens (including phenoxy) is 2. The van der Waals surface area contributed by atoms with E-state index in [9.17, 15) is 9.18 Å². The summed E-state index contributed by atoms with van der Waals surface area (Å²) in [6.07, 6.45) is -0.600. The van der Waals surface area contributed by atoms with Gasteiger partial charge in [-0.2, -0.15) is 0 Å². The lowest BCUT2D eigenvalue weighted by atomic mass is 10.1. The van der Waals surface area contributed by atoms with Gasteiger partial charge in [0.2, 0.25) is 0 Å². The van der Waals surface area contributed by atoms with Gasteiger partial charge in [-0.05, 0) is 25.5 Å². The van der Waals surface area contributed by atoms with E-state index in [4.69, 9.17) is 4.74 Å². The Bertz CT molecular complexity index is 432. The molecule has 1 aromatic rings. The molecule has 1 rings (SSSR count). The van der Waals surface area contributed by atoms with Crippen molar-refractivity contribution in [3.63, 3.8) is 0 Å². The van der Waals surface area contributed by atoms with Crippen LogP contribution in [0.4, 0.5) is 9.18 Å². The monoisotopic (exact) mass is 253 g/mol. The topological polar surface area (TPSA) is 47.9 Å². The SMILES string of the molecule is CCOC(=O)N=C(Cc1ccccc1F)OCC. The second-order valence-corrected chi connectivity index (χ2v) is 3.41. The van der Waals surface area contributed by atoms with Crippen molar-refractivity contribution in [2.75, 3.05) is 13.2 Å². The zero-order valence-corrected chi connectivity index (χ0v) is 10.5. The first-order chi connectivity index (χ1) is 8.67. The molecule has 0 aliphatic carbocycles. The van der Waals surface area contributed by atoms with Gasteiger partial charge in [-0.15, -0.1) is 4.99 Å². The maximum atomic E-state index is 13.4. The summed E-state index contributed by atoms with van der Waals surface area (Å²) in [6, 6.07) is 6.28. The number of benzene rings is 1. The molecule has 18 heavy (non-hydrogen) atoms. The zero-order valence-electron chi connectivity index (χ0n) is 10.5. The quantitative estimate of drug-likeness (QED) is 0.612. The van der Waals surface area contributed by atoms with Crippen LogP contribution in [0.15, 0.2) is 29.3 Å². The molecule has 0 radical (unpaired) electrons. The van der Waals surface area contributed by atoms with Gasteiger partial charge >= 0.3 is 6.09 Å². The Morgan fingerprint density at radius 2 is 1.89 bits per heavy atom. The van der Waals surface area contributed by atoms with Gasteiger partial charge in [-0.25, -0.2) is 9.18 Å². The van der Waals surface area contributed by atoms with Gasteiger partial charge < -0.3 is 9.47 Å². The van der Waals surface area contributed by atoms with Crippen molar-refractivity contribution in [1.82, 2.24) is 0 Å². The molecule has 0 aliphatic rings. The summed E-state index contributed by atoms with van der Waals surface area (Å²) in [6.45, 7) is 4.04. The van der Waals surface area contributed by atoms with Crippen molar-refractivity contribution in [2.45, 2.75) is 20.3 Å². The number of halogens is 1. The number of nitrogens with zero attached hydrogens (tertiary/aromatic N) is 1. The minimum atomic E-state index is -0.725. The van der Waals surface area contributed by atoms with Crippen molar-refractivity contribution in [1.29, 1.82) is 0 Å². The third kappa shape index (κ3) is 4.53. The highest BCUT2D eigenvalue weighted by molar-refractivity contribution is 5.89. The van der Waals surface area contributed by atoms with Gasteiger partial charge in [0.15, 0.2) is 5.90 Å². The summed E-state index contributed by atoms with van der Waals surface area (Å²) in [4.78, 5) is 14.9. The average Bonchev–Trinajstić information content (AvgIpc) is 2.32. The van der Waals surface area contributed by atoms with Crippen LogP contribution < -0.4 is 0 Å². The van der Waals surface area contributed by atoms with Crippen LogP contribution in [0.1, 0.15) is 19.4 Å². The molecule has 0 saturated carbocycles. The van der Waals surface area contributed by atoms with E-state index in [1.54, 1.807) is 32.0 Å². The Kier molecular flexibility index (Phi) is 5.84. The van der Waals surface area contributed by atoms with Crippen LogP contribution in [-0.2, 0) is 15.9 Å². The van der Waals surface area contributed by atoms with Gasteiger partial charge in [0.25, 0.3) is 0 Å². The van der Waals surface area contributed by atoms with Gasteiger partial charge in [0.05, 0.1) is 19.6 Å². The molecule has 1 aromatic carbocycles. The minimum absolute atomic E-state index is 0.124. The Labute approximate surface area is 105 Å². The Hall–Kier alpha value is -1.91. The van der Waals surface area contributed by atoms with Gasteiger partial charge in [-0.3, -0.25) is 0 Å². The smallest absolute Gasteiger partial charge is 0.436 e. The molecule has 0 heterocycles. The maximum absolute atomic E-state index is 13.4. The molecule has 98 valence electrons. The molecule has 4 nitrogen and oxygen atoms in total. The summed E-state index contributed by atoms with van der Waals surface area (Å²) in [5, 5.41) is 0. The second kappa shape index (κ2) is 7.42. The van der Waals surface area contributed by atoms with E-state index in [0.29, 0.717) is 12.2 Å². The van der Waals surface area contributed by atoms with Crippen molar-refractivity contribution < 1.29 is 18.7 Å². The lowest BCUT2D eigenvalue weighted by Crippen LogP contribution is -2.13. The van der Waals surface area contributed by atoms with Crippen LogP contribution in [0.2, 0.25) is 0 Å². The predicted octanol–water partition coefficient (Wildman–Crippen LogP) is 2.96. The van der Waals surface area contributed by atoms with Crippen LogP contribution in [-0.4, -0.2) is 25.2 Å². The van der Waals surface area contributed by atoms with Crippen LogP contribution in [0.3, 0.4) is 0 Å². The largest absolute Gasteiger partial charge is 0.481 e. The summed E-state index contributed by atoms with van der Waals surface area (Å²) < 4.78 is 23.3. The molecule has 0 aliphatic heterocycles. The third-order valence-electron chi connectivity index (χ3n) is 2.09. The zero-order chi connectivity index (χ0) is 13.4. The maximum Gasteiger partial charge on any atom is 0.436 e. The molecule has 0 spiro atoms. The summed E-state index contributed by atoms with van der Waals surface area (Å²) >= 11 is 0. The molecule has 1 amide bonds. The van der Waals surface area contributed by atoms with Crippen molar-refractivity contribution in [2.24, 2.45) is 4.99 Å². The van der Waals surface area contributed by atoms with E-state index in [-0.39, 0.29) is 24.7 Å². The van der Waals surface area contributed by atoms with E-state index in [1.165, 1.54) is 6.07 Å². The molecular formula is C13H16FNO3. The summed E-state index contributed by atoms with van der Waals surface area (Å²) in [5.74, 6) is -0.199. The molecule has 0 bridgehead atoms. The standard InChI is InChI=1S/C13H16FNO3/c1-3-17-12(15-13(16)18-4-2)9-10-7-5-6-8-11(10)14/h5-8H,3-4,9H2,1-2H3. The summed E-state index contributed by atoms with van der Waals surface area (Å²) in [7, 11) is 0. The highest BCUT2D eigenvalue weighted by atomic mass is 19.1. The first kappa shape index (κ1) is 14.2. The number of aliphatic imine (C=N–C) groups is 1. The fourth-order valence-electron chi connectivity index (χ4n) is 1.35. The second-order valence-electron chi connectivity index (χ2n) is 3.41. The van der Waals surface area contributed by atoms with Crippen molar-refractivity contribution >= 4 is 12.0 Å². The lowest BCUT2D eigenvalue weighted by Gasteiger charge is -2.07. The molecule has 0 atom stereocenters. The Balaban J connectivity index is 2.80. The van der Waals surface area contributed by atoms with Crippen LogP contribution in [0.5, 0.6) is 0 Å². The Morgan fingerprint density at radius 3 is 2.50 bits per heavy atom. The molecule has 0 aromatic heterocycles. The van der Waals surface area contributed by atoms with Gasteiger partial charge in [-0.1, -0.05) is 18.2 Å². The first-order valence-corrected chi connectivity index (χ1v) is 5.77. The van der Waals surface area contributed by atoms with Crippen LogP contribution in [0.25, 0.3) is 0 Å². The normalized spacial score (nSPS) is 11.2. The lowest BCUT2D eigenvalue weighted by molar-refractivity contribution is 0.162. The molecule has 0 fully saturated rings. The average molecular weight is 253 g/mol. The number of amides is 1. The molecule has 0 saturated heterocycles. The molecule has 5 heteroatoms. The fraction of sp³-hybridized carbons (Fsp3) is 0.385. The predicted molar refractivity (Wildman–Crippen MR) is 66.2 cm³/mol. The van der Waals surface area contributed by atoms with Crippen LogP contribution >= 0.6 is 0 Å². The highest BCUT2D eigenvalue weighted by Gasteiger charge is 2.09. The van der Waals surface area contributed by atoms with E-state index in [1.807, 2.05) is 0 Å². The number of carbonyl (C=O) groups is 1. The number of rotatable bonds is 4. The Morgan fingerprint density at radius 1 is 1.22 bits per heavy atom. The van der Waals surface area contributed by atoms with E-state index < -0.39 is 6.09 Å². The third-order valence-corrected chi connectivity index (χ3v) is 2.09. The first-order valence-electron chi connectivity index (χ1n) is 5.77. The highest BCUT2D eigenvalue weighted by Crippen LogP contribution is 2.08. The number of hydrogen-bond acceptors (Lipinski definition) is 3. The van der Waals surface area contributed by atoms with E-state index >= 15 is 0 Å². The van der Waals surface area contributed by atoms with E-state index in [2.05, 4.69) is 9.73 Å².